The summed E-state index contributed by atoms with van der Waals surface area (Å²) in [5.74, 6) is -1.32. The summed E-state index contributed by atoms with van der Waals surface area (Å²) in [7, 11) is 0. The number of carbonyl (C=O) groups is 1. The van der Waals surface area contributed by atoms with Crippen LogP contribution in [0.25, 0.3) is 0 Å². The van der Waals surface area contributed by atoms with E-state index in [-0.39, 0.29) is 17.8 Å². The van der Waals surface area contributed by atoms with Gasteiger partial charge in [-0.2, -0.15) is 0 Å². The van der Waals surface area contributed by atoms with Crippen LogP contribution in [0.5, 0.6) is 0 Å². The largest absolute Gasteiger partial charge is 0.293 e. The monoisotopic (exact) mass is 316 g/mol. The van der Waals surface area contributed by atoms with E-state index in [1.54, 1.807) is 11.4 Å². The molecule has 0 spiro atoms. The van der Waals surface area contributed by atoms with E-state index in [0.717, 1.165) is 22.7 Å². The van der Waals surface area contributed by atoms with Gasteiger partial charge in [0.1, 0.15) is 11.6 Å². The van der Waals surface area contributed by atoms with Gasteiger partial charge in [0.15, 0.2) is 5.78 Å². The Balaban J connectivity index is 2.21. The highest BCUT2D eigenvalue weighted by Gasteiger charge is 2.13. The van der Waals surface area contributed by atoms with E-state index in [4.69, 9.17) is 0 Å². The van der Waals surface area contributed by atoms with Crippen LogP contribution in [0.15, 0.2) is 34.1 Å². The predicted octanol–water partition coefficient (Wildman–Crippen LogP) is 4.21. The summed E-state index contributed by atoms with van der Waals surface area (Å²) >= 11 is 4.51. The van der Waals surface area contributed by atoms with Gasteiger partial charge in [-0.25, -0.2) is 8.78 Å². The smallest absolute Gasteiger partial charge is 0.177 e. The number of halogens is 3. The van der Waals surface area contributed by atoms with Crippen molar-refractivity contribution in [1.29, 1.82) is 0 Å². The zero-order valence-corrected chi connectivity index (χ0v) is 10.9. The van der Waals surface area contributed by atoms with Crippen molar-refractivity contribution in [3.05, 3.63) is 56.2 Å². The molecule has 0 aliphatic rings. The maximum absolute atomic E-state index is 13.3. The SMILES string of the molecule is O=C(Cc1cc(F)ccc1F)c1cc(Br)cs1. The van der Waals surface area contributed by atoms with Gasteiger partial charge < -0.3 is 0 Å². The van der Waals surface area contributed by atoms with Gasteiger partial charge in [-0.05, 0) is 45.8 Å². The van der Waals surface area contributed by atoms with Crippen molar-refractivity contribution >= 4 is 33.0 Å². The van der Waals surface area contributed by atoms with Crippen molar-refractivity contribution in [1.82, 2.24) is 0 Å². The van der Waals surface area contributed by atoms with Crippen molar-refractivity contribution in [3.8, 4) is 0 Å². The molecule has 0 saturated heterocycles. The standard InChI is InChI=1S/C12H7BrF2OS/c13-8-5-12(17-6-8)11(16)4-7-3-9(14)1-2-10(7)15/h1-3,5-6H,4H2. The molecule has 0 saturated carbocycles. The highest BCUT2D eigenvalue weighted by molar-refractivity contribution is 9.10. The highest BCUT2D eigenvalue weighted by atomic mass is 79.9. The lowest BCUT2D eigenvalue weighted by atomic mass is 10.1. The molecule has 2 aromatic rings. The van der Waals surface area contributed by atoms with Crippen LogP contribution in [0.2, 0.25) is 0 Å². The number of ketones is 1. The van der Waals surface area contributed by atoms with Gasteiger partial charge in [0.2, 0.25) is 0 Å². The summed E-state index contributed by atoms with van der Waals surface area (Å²) in [4.78, 5) is 12.3. The molecule has 1 aromatic heterocycles. The lowest BCUT2D eigenvalue weighted by Crippen LogP contribution is -2.03. The summed E-state index contributed by atoms with van der Waals surface area (Å²) in [6.07, 6.45) is -0.128. The first kappa shape index (κ1) is 12.4. The lowest BCUT2D eigenvalue weighted by molar-refractivity contribution is 0.0995. The molecule has 5 heteroatoms. The minimum atomic E-state index is -0.560. The molecule has 0 unspecified atom stereocenters. The average Bonchev–Trinajstić information content (AvgIpc) is 2.70. The van der Waals surface area contributed by atoms with Crippen LogP contribution in [0.4, 0.5) is 8.78 Å². The Kier molecular flexibility index (Phi) is 3.69. The van der Waals surface area contributed by atoms with E-state index < -0.39 is 11.6 Å². The molecule has 1 heterocycles. The number of benzene rings is 1. The maximum atomic E-state index is 13.3. The summed E-state index contributed by atoms with van der Waals surface area (Å²) in [6.45, 7) is 0. The predicted molar refractivity (Wildman–Crippen MR) is 66.4 cm³/mol. The molecule has 0 fully saturated rings. The topological polar surface area (TPSA) is 17.1 Å². The van der Waals surface area contributed by atoms with Crippen LogP contribution in [0.3, 0.4) is 0 Å². The summed E-state index contributed by atoms with van der Waals surface area (Å²) in [6, 6.07) is 4.79. The van der Waals surface area contributed by atoms with E-state index in [9.17, 15) is 13.6 Å². The minimum Gasteiger partial charge on any atom is -0.293 e. The fraction of sp³-hybridized carbons (Fsp3) is 0.0833. The van der Waals surface area contributed by atoms with E-state index >= 15 is 0 Å². The molecule has 0 amide bonds. The van der Waals surface area contributed by atoms with Crippen LogP contribution in [0, 0.1) is 11.6 Å². The quantitative estimate of drug-likeness (QED) is 0.775. The summed E-state index contributed by atoms with van der Waals surface area (Å²) in [5.41, 5.74) is 0.0829. The second kappa shape index (κ2) is 5.06. The molecule has 0 atom stereocenters. The van der Waals surface area contributed by atoms with Gasteiger partial charge in [-0.15, -0.1) is 11.3 Å². The third-order valence-electron chi connectivity index (χ3n) is 2.20. The second-order valence-electron chi connectivity index (χ2n) is 3.46. The number of hydrogen-bond donors (Lipinski definition) is 0. The number of carbonyl (C=O) groups excluding carboxylic acids is 1. The van der Waals surface area contributed by atoms with Crippen molar-refractivity contribution in [2.24, 2.45) is 0 Å². The first-order valence-corrected chi connectivity index (χ1v) is 6.44. The van der Waals surface area contributed by atoms with Crippen molar-refractivity contribution in [2.75, 3.05) is 0 Å². The van der Waals surface area contributed by atoms with Gasteiger partial charge in [0.25, 0.3) is 0 Å². The Hall–Kier alpha value is -1.07. The van der Waals surface area contributed by atoms with Crippen LogP contribution >= 0.6 is 27.3 Å². The first-order valence-electron chi connectivity index (χ1n) is 4.77. The molecule has 0 bridgehead atoms. The molecule has 0 radical (unpaired) electrons. The van der Waals surface area contributed by atoms with Gasteiger partial charge in [0.05, 0.1) is 4.88 Å². The minimum absolute atomic E-state index is 0.0829. The molecule has 0 aliphatic heterocycles. The van der Waals surface area contributed by atoms with Crippen LogP contribution in [0.1, 0.15) is 15.2 Å². The highest BCUT2D eigenvalue weighted by Crippen LogP contribution is 2.22. The zero-order valence-electron chi connectivity index (χ0n) is 8.54. The molecule has 0 N–H and O–H groups in total. The molecular weight excluding hydrogens is 310 g/mol. The Morgan fingerprint density at radius 3 is 2.71 bits per heavy atom. The van der Waals surface area contributed by atoms with Crippen LogP contribution < -0.4 is 0 Å². The zero-order chi connectivity index (χ0) is 12.4. The Morgan fingerprint density at radius 2 is 2.06 bits per heavy atom. The normalized spacial score (nSPS) is 10.5. The van der Waals surface area contributed by atoms with E-state index in [1.165, 1.54) is 11.3 Å². The maximum Gasteiger partial charge on any atom is 0.177 e. The first-order chi connectivity index (χ1) is 8.06. The summed E-state index contributed by atoms with van der Waals surface area (Å²) < 4.78 is 27.1. The molecule has 1 aromatic carbocycles. The Morgan fingerprint density at radius 1 is 1.29 bits per heavy atom. The Bertz CT molecular complexity index is 565. The number of rotatable bonds is 3. The third kappa shape index (κ3) is 2.98. The van der Waals surface area contributed by atoms with E-state index in [1.807, 2.05) is 0 Å². The number of Topliss-reactive ketones (excluding diaryl/α,β-unsaturated/α-hetero) is 1. The molecule has 17 heavy (non-hydrogen) atoms. The van der Waals surface area contributed by atoms with Gasteiger partial charge in [-0.3, -0.25) is 4.79 Å². The fourth-order valence-corrected chi connectivity index (χ4v) is 2.77. The van der Waals surface area contributed by atoms with E-state index in [2.05, 4.69) is 15.9 Å². The van der Waals surface area contributed by atoms with Crippen molar-refractivity contribution < 1.29 is 13.6 Å². The van der Waals surface area contributed by atoms with E-state index in [0.29, 0.717) is 4.88 Å². The molecular formula is C12H7BrF2OS. The summed E-state index contributed by atoms with van der Waals surface area (Å²) in [5, 5.41) is 1.77. The van der Waals surface area contributed by atoms with Crippen molar-refractivity contribution in [2.45, 2.75) is 6.42 Å². The number of thiophene rings is 1. The van der Waals surface area contributed by atoms with Crippen molar-refractivity contribution in [3.63, 3.8) is 0 Å². The molecule has 0 aliphatic carbocycles. The molecule has 2 rings (SSSR count). The lowest BCUT2D eigenvalue weighted by Gasteiger charge is -2.01. The average molecular weight is 317 g/mol. The second-order valence-corrected chi connectivity index (χ2v) is 5.29. The fourth-order valence-electron chi connectivity index (χ4n) is 1.40. The van der Waals surface area contributed by atoms with Gasteiger partial charge in [0, 0.05) is 16.3 Å². The van der Waals surface area contributed by atoms with Gasteiger partial charge >= 0.3 is 0 Å². The molecule has 88 valence electrons. The number of hydrogen-bond acceptors (Lipinski definition) is 2. The van der Waals surface area contributed by atoms with Crippen LogP contribution in [-0.2, 0) is 6.42 Å². The molecule has 1 nitrogen and oxygen atoms in total. The Labute approximate surface area is 109 Å². The third-order valence-corrected chi connectivity index (χ3v) is 3.93. The van der Waals surface area contributed by atoms with Crippen LogP contribution in [-0.4, -0.2) is 5.78 Å². The van der Waals surface area contributed by atoms with Gasteiger partial charge in [-0.1, -0.05) is 0 Å².